The molecule has 8 nitrogen and oxygen atoms in total. The van der Waals surface area contributed by atoms with Crippen molar-refractivity contribution in [1.82, 2.24) is 5.32 Å². The molecule has 5 atom stereocenters. The van der Waals surface area contributed by atoms with Crippen LogP contribution in [0.4, 0.5) is 0 Å². The van der Waals surface area contributed by atoms with E-state index in [0.29, 0.717) is 6.61 Å². The van der Waals surface area contributed by atoms with Gasteiger partial charge in [-0.25, -0.2) is 0 Å². The maximum atomic E-state index is 12.3. The van der Waals surface area contributed by atoms with E-state index in [1.807, 2.05) is 91.0 Å². The Morgan fingerprint density at radius 1 is 0.718 bits per heavy atom. The number of esters is 1. The van der Waals surface area contributed by atoms with E-state index in [-0.39, 0.29) is 25.7 Å². The van der Waals surface area contributed by atoms with Gasteiger partial charge < -0.3 is 29.0 Å². The summed E-state index contributed by atoms with van der Waals surface area (Å²) in [5, 5.41) is 2.87. The first-order valence-corrected chi connectivity index (χ1v) is 13.0. The molecule has 0 aliphatic carbocycles. The van der Waals surface area contributed by atoms with Crippen LogP contribution in [0.15, 0.2) is 91.0 Å². The zero-order chi connectivity index (χ0) is 27.5. The van der Waals surface area contributed by atoms with Gasteiger partial charge in [-0.05, 0) is 16.7 Å². The summed E-state index contributed by atoms with van der Waals surface area (Å²) in [7, 11) is 0. The fraction of sp³-hybridized carbons (Fsp3) is 0.355. The predicted octanol–water partition coefficient (Wildman–Crippen LogP) is 4.17. The lowest BCUT2D eigenvalue weighted by molar-refractivity contribution is -0.287. The van der Waals surface area contributed by atoms with Gasteiger partial charge in [-0.2, -0.15) is 0 Å². The average molecular weight is 534 g/mol. The molecule has 1 amide bonds. The van der Waals surface area contributed by atoms with Crippen LogP contribution in [0.5, 0.6) is 0 Å². The van der Waals surface area contributed by atoms with Gasteiger partial charge in [-0.15, -0.1) is 0 Å². The summed E-state index contributed by atoms with van der Waals surface area (Å²) in [4.78, 5) is 24.5. The van der Waals surface area contributed by atoms with Gasteiger partial charge in [0.25, 0.3) is 0 Å². The molecule has 1 fully saturated rings. The third-order valence-electron chi connectivity index (χ3n) is 6.25. The molecule has 39 heavy (non-hydrogen) atoms. The molecule has 1 N–H and O–H groups in total. The summed E-state index contributed by atoms with van der Waals surface area (Å²) in [6.45, 7) is 3.74. The molecule has 4 rings (SSSR count). The van der Waals surface area contributed by atoms with Crippen molar-refractivity contribution < 1.29 is 33.3 Å². The largest absolute Gasteiger partial charge is 0.457 e. The molecule has 1 aliphatic rings. The Hall–Kier alpha value is -3.56. The van der Waals surface area contributed by atoms with Crippen molar-refractivity contribution in [2.75, 3.05) is 6.61 Å². The Kier molecular flexibility index (Phi) is 10.6. The number of hydrogen-bond acceptors (Lipinski definition) is 7. The molecule has 0 saturated carbocycles. The number of amides is 1. The van der Waals surface area contributed by atoms with Gasteiger partial charge in [-0.3, -0.25) is 9.59 Å². The normalized spacial score (nSPS) is 22.7. The molecule has 3 aromatic carbocycles. The number of hydrogen-bond donors (Lipinski definition) is 1. The summed E-state index contributed by atoms with van der Waals surface area (Å²) in [6.07, 6.45) is -3.18. The molecule has 0 radical (unpaired) electrons. The van der Waals surface area contributed by atoms with Crippen LogP contribution in [0, 0.1) is 0 Å². The van der Waals surface area contributed by atoms with E-state index < -0.39 is 36.6 Å². The Labute approximate surface area is 229 Å². The summed E-state index contributed by atoms with van der Waals surface area (Å²) < 4.78 is 30.7. The molecular weight excluding hydrogens is 498 g/mol. The molecule has 206 valence electrons. The lowest BCUT2D eigenvalue weighted by atomic mass is 9.96. The first-order valence-electron chi connectivity index (χ1n) is 13.0. The van der Waals surface area contributed by atoms with Crippen molar-refractivity contribution in [1.29, 1.82) is 0 Å². The number of rotatable bonds is 12. The van der Waals surface area contributed by atoms with E-state index >= 15 is 0 Å². The molecule has 0 unspecified atom stereocenters. The average Bonchev–Trinajstić information content (AvgIpc) is 2.94. The highest BCUT2D eigenvalue weighted by molar-refractivity contribution is 5.73. The zero-order valence-corrected chi connectivity index (χ0v) is 22.2. The Morgan fingerprint density at radius 3 is 1.74 bits per heavy atom. The highest BCUT2D eigenvalue weighted by Gasteiger charge is 2.50. The summed E-state index contributed by atoms with van der Waals surface area (Å²) >= 11 is 0. The molecule has 0 spiro atoms. The van der Waals surface area contributed by atoms with Crippen molar-refractivity contribution in [3.8, 4) is 0 Å². The molecule has 1 heterocycles. The van der Waals surface area contributed by atoms with Crippen LogP contribution in [0.3, 0.4) is 0 Å². The number of ether oxygens (including phenoxy) is 5. The molecule has 1 aliphatic heterocycles. The first-order chi connectivity index (χ1) is 19.0. The van der Waals surface area contributed by atoms with E-state index in [2.05, 4.69) is 5.32 Å². The topological polar surface area (TPSA) is 92.3 Å². The van der Waals surface area contributed by atoms with E-state index in [0.717, 1.165) is 16.7 Å². The maximum Gasteiger partial charge on any atom is 0.303 e. The Bertz CT molecular complexity index is 1160. The second-order valence-corrected chi connectivity index (χ2v) is 9.40. The maximum absolute atomic E-state index is 12.3. The van der Waals surface area contributed by atoms with E-state index in [1.165, 1.54) is 13.8 Å². The second-order valence-electron chi connectivity index (χ2n) is 9.40. The van der Waals surface area contributed by atoms with E-state index in [9.17, 15) is 9.59 Å². The van der Waals surface area contributed by atoms with Crippen molar-refractivity contribution in [2.24, 2.45) is 0 Å². The monoisotopic (exact) mass is 533 g/mol. The highest BCUT2D eigenvalue weighted by atomic mass is 16.7. The van der Waals surface area contributed by atoms with Gasteiger partial charge in [0.1, 0.15) is 18.2 Å². The fourth-order valence-corrected chi connectivity index (χ4v) is 4.49. The van der Waals surface area contributed by atoms with Crippen LogP contribution in [-0.4, -0.2) is 49.1 Å². The minimum atomic E-state index is -0.916. The van der Waals surface area contributed by atoms with Crippen LogP contribution in [0.2, 0.25) is 0 Å². The lowest BCUT2D eigenvalue weighted by Crippen LogP contribution is -2.66. The van der Waals surface area contributed by atoms with Gasteiger partial charge >= 0.3 is 5.97 Å². The minimum absolute atomic E-state index is 0.157. The van der Waals surface area contributed by atoms with Gasteiger partial charge in [0, 0.05) is 13.8 Å². The lowest BCUT2D eigenvalue weighted by Gasteiger charge is -2.45. The number of carbonyl (C=O) groups excluding carboxylic acids is 2. The van der Waals surface area contributed by atoms with Crippen molar-refractivity contribution >= 4 is 11.9 Å². The van der Waals surface area contributed by atoms with Gasteiger partial charge in [-0.1, -0.05) is 91.0 Å². The third-order valence-corrected chi connectivity index (χ3v) is 6.25. The second kappa shape index (κ2) is 14.6. The highest BCUT2D eigenvalue weighted by Crippen LogP contribution is 2.29. The van der Waals surface area contributed by atoms with Gasteiger partial charge in [0.15, 0.2) is 12.4 Å². The smallest absolute Gasteiger partial charge is 0.303 e. The molecule has 8 heteroatoms. The van der Waals surface area contributed by atoms with Crippen LogP contribution < -0.4 is 5.32 Å². The molecule has 1 saturated heterocycles. The van der Waals surface area contributed by atoms with E-state index in [4.69, 9.17) is 23.7 Å². The molecular formula is C31H35NO7. The van der Waals surface area contributed by atoms with Crippen molar-refractivity contribution in [2.45, 2.75) is 64.3 Å². The number of benzene rings is 3. The fourth-order valence-electron chi connectivity index (χ4n) is 4.49. The predicted molar refractivity (Wildman–Crippen MR) is 144 cm³/mol. The zero-order valence-electron chi connectivity index (χ0n) is 22.2. The molecule has 0 bridgehead atoms. The van der Waals surface area contributed by atoms with E-state index in [1.54, 1.807) is 0 Å². The minimum Gasteiger partial charge on any atom is -0.457 e. The van der Waals surface area contributed by atoms with Crippen molar-refractivity contribution in [3.05, 3.63) is 108 Å². The Morgan fingerprint density at radius 2 is 1.23 bits per heavy atom. The van der Waals surface area contributed by atoms with Gasteiger partial charge in [0.05, 0.1) is 26.4 Å². The standard InChI is InChI=1S/C31H35NO7/c1-22(33)32-28-30(38-23(2)34)29(36-19-25-14-8-4-9-15-25)27(21-35-18-24-12-6-3-7-13-24)39-31(28)37-20-26-16-10-5-11-17-26/h3-17,27-31H,18-21H2,1-2H3,(H,32,33)/t27-,28-,29-,30-,31+/m1/s1. The molecule has 3 aromatic rings. The van der Waals surface area contributed by atoms with Crippen LogP contribution in [-0.2, 0) is 53.1 Å². The summed E-state index contributed by atoms with van der Waals surface area (Å²) in [5.41, 5.74) is 2.90. The SMILES string of the molecule is CC(=O)N[C@H]1[C@@H](OCc2ccccc2)O[C@H](COCc2ccccc2)[C@@H](OCc2ccccc2)[C@@H]1OC(C)=O. The first kappa shape index (κ1) is 28.4. The number of nitrogens with one attached hydrogen (secondary N) is 1. The quantitative estimate of drug-likeness (QED) is 0.350. The van der Waals surface area contributed by atoms with Crippen LogP contribution in [0.1, 0.15) is 30.5 Å². The number of carbonyl (C=O) groups is 2. The third kappa shape index (κ3) is 8.73. The summed E-state index contributed by atoms with van der Waals surface area (Å²) in [6, 6.07) is 28.3. The van der Waals surface area contributed by atoms with Crippen LogP contribution in [0.25, 0.3) is 0 Å². The van der Waals surface area contributed by atoms with Gasteiger partial charge in [0.2, 0.25) is 5.91 Å². The van der Waals surface area contributed by atoms with Crippen LogP contribution >= 0.6 is 0 Å². The Balaban J connectivity index is 1.58. The molecule has 0 aromatic heterocycles. The van der Waals surface area contributed by atoms with Crippen molar-refractivity contribution in [3.63, 3.8) is 0 Å². The summed E-state index contributed by atoms with van der Waals surface area (Å²) in [5.74, 6) is -0.814.